The summed E-state index contributed by atoms with van der Waals surface area (Å²) in [5.41, 5.74) is 0.481. The van der Waals surface area contributed by atoms with Crippen LogP contribution in [0.5, 0.6) is 11.5 Å². The Morgan fingerprint density at radius 2 is 2.05 bits per heavy atom. The molecule has 1 aromatic carbocycles. The number of benzene rings is 1. The molecule has 0 aliphatic heterocycles. The van der Waals surface area contributed by atoms with E-state index in [-0.39, 0.29) is 5.41 Å². The van der Waals surface area contributed by atoms with Crippen molar-refractivity contribution in [1.29, 1.82) is 5.26 Å². The lowest BCUT2D eigenvalue weighted by molar-refractivity contribution is 0.190. The molecule has 0 saturated heterocycles. The molecule has 0 aliphatic rings. The number of hydrogen-bond donors (Lipinski definition) is 1. The Morgan fingerprint density at radius 1 is 1.33 bits per heavy atom. The lowest BCUT2D eigenvalue weighted by Gasteiger charge is -2.16. The summed E-state index contributed by atoms with van der Waals surface area (Å²) in [6, 6.07) is 7.72. The van der Waals surface area contributed by atoms with E-state index in [0.717, 1.165) is 24.8 Å². The van der Waals surface area contributed by atoms with E-state index in [1.807, 2.05) is 26.0 Å². The Labute approximate surface area is 127 Å². The normalized spacial score (nSPS) is 12.6. The number of rotatable bonds is 8. The molecule has 0 spiro atoms. The Hall–Kier alpha value is -1.73. The fourth-order valence-corrected chi connectivity index (χ4v) is 2.02. The van der Waals surface area contributed by atoms with E-state index in [4.69, 9.17) is 14.7 Å². The highest BCUT2D eigenvalue weighted by Gasteiger charge is 2.15. The highest BCUT2D eigenvalue weighted by atomic mass is 16.5. The minimum Gasteiger partial charge on any atom is -0.497 e. The lowest BCUT2D eigenvalue weighted by Crippen LogP contribution is -2.09. The van der Waals surface area contributed by atoms with Crippen LogP contribution in [0.2, 0.25) is 0 Å². The van der Waals surface area contributed by atoms with E-state index in [1.165, 1.54) is 0 Å². The zero-order valence-corrected chi connectivity index (χ0v) is 13.3. The molecule has 0 heterocycles. The Kier molecular flexibility index (Phi) is 6.51. The van der Waals surface area contributed by atoms with Gasteiger partial charge in [0.05, 0.1) is 31.3 Å². The SMILES string of the molecule is COc1ccc([C@H](C)O)c(OCCCCC(C)(C)C#N)c1. The molecule has 0 aromatic heterocycles. The molecule has 116 valence electrons. The summed E-state index contributed by atoms with van der Waals surface area (Å²) in [6.07, 6.45) is 2.09. The Balaban J connectivity index is 2.53. The highest BCUT2D eigenvalue weighted by molar-refractivity contribution is 5.41. The summed E-state index contributed by atoms with van der Waals surface area (Å²) in [5, 5.41) is 18.7. The van der Waals surface area contributed by atoms with E-state index >= 15 is 0 Å². The molecular formula is C17H25NO3. The number of methoxy groups -OCH3 is 1. The van der Waals surface area contributed by atoms with Gasteiger partial charge in [0.15, 0.2) is 0 Å². The second-order valence-corrected chi connectivity index (χ2v) is 5.88. The van der Waals surface area contributed by atoms with Gasteiger partial charge in [-0.25, -0.2) is 0 Å². The first-order chi connectivity index (χ1) is 9.89. The molecule has 1 atom stereocenters. The van der Waals surface area contributed by atoms with Gasteiger partial charge >= 0.3 is 0 Å². The van der Waals surface area contributed by atoms with Crippen molar-refractivity contribution in [2.75, 3.05) is 13.7 Å². The Morgan fingerprint density at radius 3 is 2.62 bits per heavy atom. The summed E-state index contributed by atoms with van der Waals surface area (Å²) < 4.78 is 10.9. The van der Waals surface area contributed by atoms with Gasteiger partial charge in [-0.1, -0.05) is 0 Å². The van der Waals surface area contributed by atoms with Gasteiger partial charge < -0.3 is 14.6 Å². The van der Waals surface area contributed by atoms with Crippen molar-refractivity contribution in [1.82, 2.24) is 0 Å². The monoisotopic (exact) mass is 291 g/mol. The standard InChI is InChI=1S/C17H25NO3/c1-13(19)15-8-7-14(20-4)11-16(15)21-10-6-5-9-17(2,3)12-18/h7-8,11,13,19H,5-6,9-10H2,1-4H3/t13-/m0/s1. The Bertz CT molecular complexity index is 489. The number of unbranched alkanes of at least 4 members (excludes halogenated alkanes) is 1. The second kappa shape index (κ2) is 7.90. The van der Waals surface area contributed by atoms with Gasteiger partial charge in [0.1, 0.15) is 11.5 Å². The van der Waals surface area contributed by atoms with Crippen LogP contribution in [-0.2, 0) is 0 Å². The summed E-state index contributed by atoms with van der Waals surface area (Å²) in [5.74, 6) is 1.36. The molecule has 0 amide bonds. The van der Waals surface area contributed by atoms with Gasteiger partial charge in [-0.3, -0.25) is 0 Å². The van der Waals surface area contributed by atoms with Crippen LogP contribution in [0, 0.1) is 16.7 Å². The number of nitrogens with zero attached hydrogens (tertiary/aromatic N) is 1. The summed E-state index contributed by atoms with van der Waals surface area (Å²) in [7, 11) is 1.60. The molecule has 0 unspecified atom stereocenters. The van der Waals surface area contributed by atoms with Crippen LogP contribution in [0.25, 0.3) is 0 Å². The molecular weight excluding hydrogens is 266 g/mol. The fraction of sp³-hybridized carbons (Fsp3) is 0.588. The van der Waals surface area contributed by atoms with Crippen molar-refractivity contribution in [3.8, 4) is 17.6 Å². The van der Waals surface area contributed by atoms with Crippen LogP contribution in [0.15, 0.2) is 18.2 Å². The van der Waals surface area contributed by atoms with Gasteiger partial charge in [0.25, 0.3) is 0 Å². The maximum absolute atomic E-state index is 9.75. The molecule has 21 heavy (non-hydrogen) atoms. The largest absolute Gasteiger partial charge is 0.497 e. The first-order valence-electron chi connectivity index (χ1n) is 7.29. The molecule has 0 fully saturated rings. The highest BCUT2D eigenvalue weighted by Crippen LogP contribution is 2.30. The fourth-order valence-electron chi connectivity index (χ4n) is 2.02. The van der Waals surface area contributed by atoms with E-state index < -0.39 is 6.10 Å². The van der Waals surface area contributed by atoms with E-state index in [0.29, 0.717) is 18.1 Å². The average molecular weight is 291 g/mol. The predicted octanol–water partition coefficient (Wildman–Crippen LogP) is 3.85. The van der Waals surface area contributed by atoms with Gasteiger partial charge in [0, 0.05) is 11.6 Å². The van der Waals surface area contributed by atoms with Crippen LogP contribution in [-0.4, -0.2) is 18.8 Å². The van der Waals surface area contributed by atoms with Crippen LogP contribution in [0.1, 0.15) is 51.7 Å². The molecule has 0 aliphatic carbocycles. The molecule has 4 nitrogen and oxygen atoms in total. The minimum atomic E-state index is -0.580. The van der Waals surface area contributed by atoms with E-state index in [1.54, 1.807) is 20.1 Å². The van der Waals surface area contributed by atoms with Crippen LogP contribution < -0.4 is 9.47 Å². The summed E-state index contributed by atoms with van der Waals surface area (Å²) >= 11 is 0. The lowest BCUT2D eigenvalue weighted by atomic mass is 9.89. The van der Waals surface area contributed by atoms with Gasteiger partial charge in [-0.2, -0.15) is 5.26 Å². The van der Waals surface area contributed by atoms with Crippen molar-refractivity contribution in [3.05, 3.63) is 23.8 Å². The third kappa shape index (κ3) is 5.65. The van der Waals surface area contributed by atoms with Crippen molar-refractivity contribution in [2.45, 2.75) is 46.1 Å². The number of aliphatic hydroxyl groups excluding tert-OH is 1. The number of nitriles is 1. The smallest absolute Gasteiger partial charge is 0.128 e. The van der Waals surface area contributed by atoms with E-state index in [2.05, 4.69) is 6.07 Å². The van der Waals surface area contributed by atoms with Crippen molar-refractivity contribution >= 4 is 0 Å². The van der Waals surface area contributed by atoms with Gasteiger partial charge in [0.2, 0.25) is 0 Å². The minimum absolute atomic E-state index is 0.277. The molecule has 1 aromatic rings. The summed E-state index contributed by atoms with van der Waals surface area (Å²) in [4.78, 5) is 0. The topological polar surface area (TPSA) is 62.5 Å². The maximum Gasteiger partial charge on any atom is 0.128 e. The van der Waals surface area contributed by atoms with Crippen molar-refractivity contribution in [2.24, 2.45) is 5.41 Å². The average Bonchev–Trinajstić information content (AvgIpc) is 2.46. The van der Waals surface area contributed by atoms with Crippen LogP contribution in [0.4, 0.5) is 0 Å². The quantitative estimate of drug-likeness (QED) is 0.739. The number of aliphatic hydroxyl groups is 1. The predicted molar refractivity (Wildman–Crippen MR) is 82.4 cm³/mol. The maximum atomic E-state index is 9.75. The third-order valence-electron chi connectivity index (χ3n) is 3.43. The van der Waals surface area contributed by atoms with E-state index in [9.17, 15) is 5.11 Å². The molecule has 0 bridgehead atoms. The molecule has 1 rings (SSSR count). The van der Waals surface area contributed by atoms with Crippen LogP contribution in [0.3, 0.4) is 0 Å². The second-order valence-electron chi connectivity index (χ2n) is 5.88. The van der Waals surface area contributed by atoms with Gasteiger partial charge in [-0.05, 0) is 52.2 Å². The van der Waals surface area contributed by atoms with Crippen molar-refractivity contribution < 1.29 is 14.6 Å². The number of hydrogen-bond acceptors (Lipinski definition) is 4. The third-order valence-corrected chi connectivity index (χ3v) is 3.43. The molecule has 0 saturated carbocycles. The van der Waals surface area contributed by atoms with Crippen molar-refractivity contribution in [3.63, 3.8) is 0 Å². The zero-order chi connectivity index (χ0) is 15.9. The molecule has 4 heteroatoms. The first kappa shape index (κ1) is 17.3. The number of ether oxygens (including phenoxy) is 2. The first-order valence-corrected chi connectivity index (χ1v) is 7.29. The van der Waals surface area contributed by atoms with Gasteiger partial charge in [-0.15, -0.1) is 0 Å². The molecule has 0 radical (unpaired) electrons. The summed E-state index contributed by atoms with van der Waals surface area (Å²) in [6.45, 7) is 6.17. The molecule has 1 N–H and O–H groups in total. The zero-order valence-electron chi connectivity index (χ0n) is 13.3. The van der Waals surface area contributed by atoms with Crippen LogP contribution >= 0.6 is 0 Å².